The number of primary amides is 1. The normalized spacial score (nSPS) is 22.9. The van der Waals surface area contributed by atoms with Gasteiger partial charge in [-0.3, -0.25) is 0 Å². The van der Waals surface area contributed by atoms with Crippen LogP contribution in [0.5, 0.6) is 0 Å². The van der Waals surface area contributed by atoms with E-state index in [4.69, 9.17) is 11.5 Å². The number of nitrogens with two attached hydrogens (primary N) is 2. The van der Waals surface area contributed by atoms with Gasteiger partial charge in [0, 0.05) is 19.0 Å². The molecule has 4 nitrogen and oxygen atoms in total. The summed E-state index contributed by atoms with van der Waals surface area (Å²) in [6.45, 7) is 6.41. The van der Waals surface area contributed by atoms with Gasteiger partial charge in [-0.1, -0.05) is 18.2 Å². The number of piperidine rings is 1. The van der Waals surface area contributed by atoms with Crippen LogP contribution in [0.1, 0.15) is 35.4 Å². The average Bonchev–Trinajstić information content (AvgIpc) is 2.42. The van der Waals surface area contributed by atoms with Crippen LogP contribution >= 0.6 is 0 Å². The Labute approximate surface area is 121 Å². The number of amides is 2. The third-order valence-corrected chi connectivity index (χ3v) is 4.56. The second kappa shape index (κ2) is 6.27. The van der Waals surface area contributed by atoms with E-state index in [9.17, 15) is 4.79 Å². The molecule has 1 aromatic rings. The number of nitrogens with zero attached hydrogens (tertiary/aromatic N) is 1. The quantitative estimate of drug-likeness (QED) is 0.887. The Morgan fingerprint density at radius 2 is 2.10 bits per heavy atom. The molecular formula is C16H25N3O. The van der Waals surface area contributed by atoms with Gasteiger partial charge in [-0.2, -0.15) is 0 Å². The smallest absolute Gasteiger partial charge is 0.314 e. The molecule has 1 aliphatic heterocycles. The van der Waals surface area contributed by atoms with Crippen molar-refractivity contribution in [2.24, 2.45) is 17.4 Å². The van der Waals surface area contributed by atoms with Gasteiger partial charge in [0.25, 0.3) is 0 Å². The number of carbonyl (C=O) groups excluding carboxylic acids is 1. The lowest BCUT2D eigenvalue weighted by molar-refractivity contribution is 0.162. The van der Waals surface area contributed by atoms with Crippen LogP contribution in [0.4, 0.5) is 4.79 Å². The fourth-order valence-electron chi connectivity index (χ4n) is 3.13. The van der Waals surface area contributed by atoms with Crippen LogP contribution in [-0.4, -0.2) is 30.6 Å². The van der Waals surface area contributed by atoms with Crippen molar-refractivity contribution >= 4 is 6.03 Å². The minimum absolute atomic E-state index is 0.315. The van der Waals surface area contributed by atoms with E-state index in [1.54, 1.807) is 4.90 Å². The maximum atomic E-state index is 11.4. The Morgan fingerprint density at radius 3 is 2.70 bits per heavy atom. The van der Waals surface area contributed by atoms with E-state index in [0.29, 0.717) is 24.9 Å². The monoisotopic (exact) mass is 275 g/mol. The molecule has 2 unspecified atom stereocenters. The van der Waals surface area contributed by atoms with E-state index >= 15 is 0 Å². The molecule has 110 valence electrons. The first-order valence-electron chi connectivity index (χ1n) is 7.34. The summed E-state index contributed by atoms with van der Waals surface area (Å²) in [5.41, 5.74) is 15.1. The summed E-state index contributed by atoms with van der Waals surface area (Å²) in [6, 6.07) is 6.27. The lowest BCUT2D eigenvalue weighted by Gasteiger charge is -2.38. The van der Waals surface area contributed by atoms with Crippen molar-refractivity contribution < 1.29 is 4.79 Å². The SMILES string of the molecule is Cc1ccc(C2CN(C(N)=O)CCC2CCN)cc1C. The van der Waals surface area contributed by atoms with Gasteiger partial charge in [0.15, 0.2) is 0 Å². The summed E-state index contributed by atoms with van der Waals surface area (Å²) < 4.78 is 0. The number of aryl methyl sites for hydroxylation is 2. The van der Waals surface area contributed by atoms with Crippen LogP contribution in [0.3, 0.4) is 0 Å². The van der Waals surface area contributed by atoms with E-state index in [1.807, 2.05) is 0 Å². The Morgan fingerprint density at radius 1 is 1.35 bits per heavy atom. The van der Waals surface area contributed by atoms with Gasteiger partial charge in [0.1, 0.15) is 0 Å². The lowest BCUT2D eigenvalue weighted by atomic mass is 9.78. The largest absolute Gasteiger partial charge is 0.351 e. The Bertz CT molecular complexity index is 487. The minimum atomic E-state index is -0.315. The molecule has 0 aromatic heterocycles. The molecule has 0 spiro atoms. The van der Waals surface area contributed by atoms with Crippen LogP contribution in [-0.2, 0) is 0 Å². The van der Waals surface area contributed by atoms with Gasteiger partial charge in [-0.15, -0.1) is 0 Å². The Balaban J connectivity index is 2.25. The lowest BCUT2D eigenvalue weighted by Crippen LogP contribution is -2.45. The van der Waals surface area contributed by atoms with Crippen LogP contribution in [0.25, 0.3) is 0 Å². The van der Waals surface area contributed by atoms with Crippen molar-refractivity contribution in [3.8, 4) is 0 Å². The van der Waals surface area contributed by atoms with Crippen LogP contribution in [0.15, 0.2) is 18.2 Å². The molecule has 4 heteroatoms. The summed E-state index contributed by atoms with van der Waals surface area (Å²) in [5.74, 6) is 0.886. The van der Waals surface area contributed by atoms with Crippen LogP contribution in [0, 0.1) is 19.8 Å². The average molecular weight is 275 g/mol. The van der Waals surface area contributed by atoms with E-state index < -0.39 is 0 Å². The highest BCUT2D eigenvalue weighted by molar-refractivity contribution is 5.72. The number of urea groups is 1. The van der Waals surface area contributed by atoms with Crippen molar-refractivity contribution in [1.29, 1.82) is 0 Å². The summed E-state index contributed by atoms with van der Waals surface area (Å²) in [4.78, 5) is 13.2. The Kier molecular flexibility index (Phi) is 4.65. The third-order valence-electron chi connectivity index (χ3n) is 4.56. The maximum absolute atomic E-state index is 11.4. The van der Waals surface area contributed by atoms with Gasteiger partial charge in [0.2, 0.25) is 0 Å². The van der Waals surface area contributed by atoms with Crippen molar-refractivity contribution in [3.05, 3.63) is 34.9 Å². The summed E-state index contributed by atoms with van der Waals surface area (Å²) in [7, 11) is 0. The molecule has 2 amide bonds. The molecule has 1 saturated heterocycles. The molecule has 0 saturated carbocycles. The molecule has 1 aromatic carbocycles. The maximum Gasteiger partial charge on any atom is 0.314 e. The zero-order valence-electron chi connectivity index (χ0n) is 12.4. The molecule has 0 aliphatic carbocycles. The number of likely N-dealkylation sites (tertiary alicyclic amines) is 1. The van der Waals surface area contributed by atoms with Crippen LogP contribution in [0.2, 0.25) is 0 Å². The summed E-state index contributed by atoms with van der Waals surface area (Å²) in [6.07, 6.45) is 1.99. The van der Waals surface area contributed by atoms with Crippen molar-refractivity contribution in [1.82, 2.24) is 4.90 Å². The van der Waals surface area contributed by atoms with Crippen molar-refractivity contribution in [2.45, 2.75) is 32.6 Å². The molecule has 4 N–H and O–H groups in total. The predicted octanol–water partition coefficient (Wildman–Crippen LogP) is 2.14. The second-order valence-electron chi connectivity index (χ2n) is 5.86. The third kappa shape index (κ3) is 3.12. The molecular weight excluding hydrogens is 250 g/mol. The fraction of sp³-hybridized carbons (Fsp3) is 0.562. The second-order valence-corrected chi connectivity index (χ2v) is 5.86. The number of benzene rings is 1. The molecule has 2 rings (SSSR count). The predicted molar refractivity (Wildman–Crippen MR) is 81.6 cm³/mol. The van der Waals surface area contributed by atoms with Gasteiger partial charge in [0.05, 0.1) is 0 Å². The van der Waals surface area contributed by atoms with E-state index in [0.717, 1.165) is 19.4 Å². The minimum Gasteiger partial charge on any atom is -0.351 e. The number of hydrogen-bond donors (Lipinski definition) is 2. The van der Waals surface area contributed by atoms with Gasteiger partial charge < -0.3 is 16.4 Å². The molecule has 1 aliphatic rings. The highest BCUT2D eigenvalue weighted by Gasteiger charge is 2.31. The van der Waals surface area contributed by atoms with E-state index in [-0.39, 0.29) is 6.03 Å². The highest BCUT2D eigenvalue weighted by atomic mass is 16.2. The van der Waals surface area contributed by atoms with E-state index in [2.05, 4.69) is 32.0 Å². The molecule has 1 fully saturated rings. The van der Waals surface area contributed by atoms with E-state index in [1.165, 1.54) is 16.7 Å². The van der Waals surface area contributed by atoms with Gasteiger partial charge in [-0.05, 0) is 55.8 Å². The fourth-order valence-corrected chi connectivity index (χ4v) is 3.13. The highest BCUT2D eigenvalue weighted by Crippen LogP contribution is 2.35. The Hall–Kier alpha value is -1.55. The number of hydrogen-bond acceptors (Lipinski definition) is 2. The van der Waals surface area contributed by atoms with Gasteiger partial charge >= 0.3 is 6.03 Å². The molecule has 1 heterocycles. The number of carbonyl (C=O) groups is 1. The molecule has 0 radical (unpaired) electrons. The number of rotatable bonds is 3. The van der Waals surface area contributed by atoms with Gasteiger partial charge in [-0.25, -0.2) is 4.79 Å². The zero-order chi connectivity index (χ0) is 14.7. The standard InChI is InChI=1S/C16H25N3O/c1-11-3-4-14(9-12(11)2)15-10-19(16(18)20)8-6-13(15)5-7-17/h3-4,9,13,15H,5-8,10,17H2,1-2H3,(H2,18,20). The first-order valence-corrected chi connectivity index (χ1v) is 7.34. The molecule has 2 atom stereocenters. The van der Waals surface area contributed by atoms with Crippen LogP contribution < -0.4 is 11.5 Å². The molecule has 20 heavy (non-hydrogen) atoms. The molecule has 0 bridgehead atoms. The topological polar surface area (TPSA) is 72.3 Å². The van der Waals surface area contributed by atoms with Crippen molar-refractivity contribution in [3.63, 3.8) is 0 Å². The summed E-state index contributed by atoms with van der Waals surface area (Å²) in [5, 5.41) is 0. The van der Waals surface area contributed by atoms with Crippen molar-refractivity contribution in [2.75, 3.05) is 19.6 Å². The first kappa shape index (κ1) is 14.9. The first-order chi connectivity index (χ1) is 9.52. The summed E-state index contributed by atoms with van der Waals surface area (Å²) >= 11 is 0. The zero-order valence-corrected chi connectivity index (χ0v) is 12.4.